The number of methoxy groups -OCH3 is 1. The maximum absolute atomic E-state index is 11.3. The van der Waals surface area contributed by atoms with Gasteiger partial charge in [-0.05, 0) is 30.5 Å². The van der Waals surface area contributed by atoms with Crippen molar-refractivity contribution < 1.29 is 19.4 Å². The van der Waals surface area contributed by atoms with Crippen molar-refractivity contribution in [1.82, 2.24) is 0 Å². The number of carboxylic acid groups (broad SMARTS) is 1. The average molecular weight is 222 g/mol. The minimum atomic E-state index is -1.16. The molecule has 1 aliphatic rings. The molecule has 1 unspecified atom stereocenters. The molecular weight excluding hydrogens is 208 g/mol. The lowest BCUT2D eigenvalue weighted by molar-refractivity contribution is -0.161. The molecule has 1 heterocycles. The predicted molar refractivity (Wildman–Crippen MR) is 57.5 cm³/mol. The molecule has 0 amide bonds. The van der Waals surface area contributed by atoms with Gasteiger partial charge in [-0.3, -0.25) is 0 Å². The third-order valence-electron chi connectivity index (χ3n) is 2.92. The number of benzene rings is 1. The van der Waals surface area contributed by atoms with Gasteiger partial charge < -0.3 is 14.6 Å². The highest BCUT2D eigenvalue weighted by Gasteiger charge is 2.44. The van der Waals surface area contributed by atoms with Crippen LogP contribution in [0.3, 0.4) is 0 Å². The molecule has 1 saturated heterocycles. The van der Waals surface area contributed by atoms with E-state index in [1.807, 2.05) is 0 Å². The summed E-state index contributed by atoms with van der Waals surface area (Å²) in [5, 5.41) is 9.29. The molecule has 1 N–H and O–H groups in total. The topological polar surface area (TPSA) is 55.8 Å². The molecule has 0 radical (unpaired) electrons. The average Bonchev–Trinajstić information content (AvgIpc) is 2.79. The zero-order chi connectivity index (χ0) is 11.6. The zero-order valence-electron chi connectivity index (χ0n) is 9.10. The Morgan fingerprint density at radius 1 is 1.44 bits per heavy atom. The number of carbonyl (C=O) groups is 1. The Kier molecular flexibility index (Phi) is 2.83. The summed E-state index contributed by atoms with van der Waals surface area (Å²) in [7, 11) is 1.58. The van der Waals surface area contributed by atoms with E-state index >= 15 is 0 Å². The van der Waals surface area contributed by atoms with Crippen LogP contribution in [-0.2, 0) is 15.1 Å². The zero-order valence-corrected chi connectivity index (χ0v) is 9.10. The van der Waals surface area contributed by atoms with Gasteiger partial charge >= 0.3 is 5.97 Å². The highest BCUT2D eigenvalue weighted by molar-refractivity contribution is 5.79. The lowest BCUT2D eigenvalue weighted by atomic mass is 9.91. The Bertz CT molecular complexity index is 377. The largest absolute Gasteiger partial charge is 0.497 e. The van der Waals surface area contributed by atoms with E-state index in [0.717, 1.165) is 6.42 Å². The lowest BCUT2D eigenvalue weighted by Gasteiger charge is -2.23. The molecule has 0 aliphatic carbocycles. The van der Waals surface area contributed by atoms with E-state index < -0.39 is 11.6 Å². The first-order valence-corrected chi connectivity index (χ1v) is 5.21. The Hall–Kier alpha value is -1.55. The molecule has 0 bridgehead atoms. The van der Waals surface area contributed by atoms with Crippen LogP contribution in [0.15, 0.2) is 24.3 Å². The van der Waals surface area contributed by atoms with E-state index in [1.54, 1.807) is 31.4 Å². The van der Waals surface area contributed by atoms with Gasteiger partial charge in [-0.15, -0.1) is 0 Å². The van der Waals surface area contributed by atoms with Gasteiger partial charge in [-0.1, -0.05) is 12.1 Å². The molecule has 1 atom stereocenters. The minimum Gasteiger partial charge on any atom is -0.497 e. The summed E-state index contributed by atoms with van der Waals surface area (Å²) < 4.78 is 10.5. The molecule has 0 aromatic heterocycles. The maximum atomic E-state index is 11.3. The summed E-state index contributed by atoms with van der Waals surface area (Å²) in [5.41, 5.74) is -0.481. The second-order valence-corrected chi connectivity index (χ2v) is 3.81. The van der Waals surface area contributed by atoms with Gasteiger partial charge in [-0.25, -0.2) is 4.79 Å². The fraction of sp³-hybridized carbons (Fsp3) is 0.417. The second kappa shape index (κ2) is 4.14. The molecule has 4 heteroatoms. The minimum absolute atomic E-state index is 0.498. The number of hydrogen-bond donors (Lipinski definition) is 1. The summed E-state index contributed by atoms with van der Waals surface area (Å²) in [5.74, 6) is -0.211. The Labute approximate surface area is 93.8 Å². The number of ether oxygens (including phenoxy) is 2. The predicted octanol–water partition coefficient (Wildman–Crippen LogP) is 1.79. The first kappa shape index (κ1) is 11.0. The van der Waals surface area contributed by atoms with Gasteiger partial charge in [0.15, 0.2) is 5.60 Å². The van der Waals surface area contributed by atoms with Gasteiger partial charge in [-0.2, -0.15) is 0 Å². The summed E-state index contributed by atoms with van der Waals surface area (Å²) in [6.07, 6.45) is 1.30. The fourth-order valence-electron chi connectivity index (χ4n) is 2.02. The van der Waals surface area contributed by atoms with Gasteiger partial charge in [0.05, 0.1) is 7.11 Å². The number of aliphatic carboxylic acids is 1. The summed E-state index contributed by atoms with van der Waals surface area (Å²) in [6.45, 7) is 0.498. The van der Waals surface area contributed by atoms with Crippen LogP contribution in [0.5, 0.6) is 5.75 Å². The van der Waals surface area contributed by atoms with Crippen LogP contribution in [0, 0.1) is 0 Å². The number of hydrogen-bond acceptors (Lipinski definition) is 3. The quantitative estimate of drug-likeness (QED) is 0.847. The van der Waals surface area contributed by atoms with Crippen molar-refractivity contribution in [3.05, 3.63) is 29.8 Å². The Morgan fingerprint density at radius 2 is 2.12 bits per heavy atom. The lowest BCUT2D eigenvalue weighted by Crippen LogP contribution is -2.34. The third-order valence-corrected chi connectivity index (χ3v) is 2.92. The fourth-order valence-corrected chi connectivity index (χ4v) is 2.02. The van der Waals surface area contributed by atoms with Crippen molar-refractivity contribution in [1.29, 1.82) is 0 Å². The molecule has 0 saturated carbocycles. The van der Waals surface area contributed by atoms with Crippen LogP contribution in [0.4, 0.5) is 0 Å². The molecule has 2 rings (SSSR count). The van der Waals surface area contributed by atoms with Crippen molar-refractivity contribution in [2.24, 2.45) is 0 Å². The molecule has 1 aliphatic heterocycles. The van der Waals surface area contributed by atoms with Gasteiger partial charge in [0, 0.05) is 6.61 Å². The van der Waals surface area contributed by atoms with Gasteiger partial charge in [0.2, 0.25) is 0 Å². The number of carboxylic acids is 1. The summed E-state index contributed by atoms with van der Waals surface area (Å²) in [4.78, 5) is 11.3. The summed E-state index contributed by atoms with van der Waals surface area (Å²) >= 11 is 0. The summed E-state index contributed by atoms with van der Waals surface area (Å²) in [6, 6.07) is 7.00. The van der Waals surface area contributed by atoms with E-state index in [1.165, 1.54) is 0 Å². The number of rotatable bonds is 3. The van der Waals surface area contributed by atoms with E-state index in [0.29, 0.717) is 24.3 Å². The van der Waals surface area contributed by atoms with Crippen molar-refractivity contribution in [3.63, 3.8) is 0 Å². The Morgan fingerprint density at radius 3 is 2.56 bits per heavy atom. The van der Waals surface area contributed by atoms with Crippen molar-refractivity contribution >= 4 is 5.97 Å². The standard InChI is InChI=1S/C12H14O4/c1-15-10-5-3-9(4-6-10)12(11(13)14)7-2-8-16-12/h3-6H,2,7-8H2,1H3,(H,13,14). The molecule has 0 spiro atoms. The molecular formula is C12H14O4. The molecule has 1 aromatic carbocycles. The van der Waals surface area contributed by atoms with E-state index in [-0.39, 0.29) is 0 Å². The highest BCUT2D eigenvalue weighted by Crippen LogP contribution is 2.37. The molecule has 4 nitrogen and oxygen atoms in total. The normalized spacial score (nSPS) is 24.3. The van der Waals surface area contributed by atoms with Crippen molar-refractivity contribution in [2.45, 2.75) is 18.4 Å². The second-order valence-electron chi connectivity index (χ2n) is 3.81. The maximum Gasteiger partial charge on any atom is 0.340 e. The van der Waals surface area contributed by atoms with E-state index in [4.69, 9.17) is 9.47 Å². The molecule has 86 valence electrons. The Balaban J connectivity index is 2.36. The van der Waals surface area contributed by atoms with Crippen LogP contribution >= 0.6 is 0 Å². The van der Waals surface area contributed by atoms with E-state index in [9.17, 15) is 9.90 Å². The highest BCUT2D eigenvalue weighted by atomic mass is 16.5. The van der Waals surface area contributed by atoms with Crippen molar-refractivity contribution in [3.8, 4) is 5.75 Å². The van der Waals surface area contributed by atoms with Crippen LogP contribution < -0.4 is 4.74 Å². The van der Waals surface area contributed by atoms with E-state index in [2.05, 4.69) is 0 Å². The van der Waals surface area contributed by atoms with Crippen LogP contribution in [0.25, 0.3) is 0 Å². The molecule has 16 heavy (non-hydrogen) atoms. The molecule has 1 fully saturated rings. The smallest absolute Gasteiger partial charge is 0.340 e. The third kappa shape index (κ3) is 1.65. The van der Waals surface area contributed by atoms with Gasteiger partial charge in [0.1, 0.15) is 5.75 Å². The van der Waals surface area contributed by atoms with Crippen LogP contribution in [-0.4, -0.2) is 24.8 Å². The monoisotopic (exact) mass is 222 g/mol. The van der Waals surface area contributed by atoms with Gasteiger partial charge in [0.25, 0.3) is 0 Å². The van der Waals surface area contributed by atoms with Crippen molar-refractivity contribution in [2.75, 3.05) is 13.7 Å². The SMILES string of the molecule is COc1ccc(C2(C(=O)O)CCCO2)cc1. The molecule has 1 aromatic rings. The first-order chi connectivity index (χ1) is 7.69. The van der Waals surface area contributed by atoms with Crippen LogP contribution in [0.2, 0.25) is 0 Å². The van der Waals surface area contributed by atoms with Crippen LogP contribution in [0.1, 0.15) is 18.4 Å². The first-order valence-electron chi connectivity index (χ1n) is 5.21.